The van der Waals surface area contributed by atoms with Gasteiger partial charge in [0.2, 0.25) is 5.91 Å². The van der Waals surface area contributed by atoms with E-state index in [0.717, 1.165) is 38.7 Å². The first kappa shape index (κ1) is 22.5. The summed E-state index contributed by atoms with van der Waals surface area (Å²) in [5.41, 5.74) is 0.756. The molecule has 1 aliphatic heterocycles. The Morgan fingerprint density at radius 2 is 1.77 bits per heavy atom. The number of guanidine groups is 1. The Balaban J connectivity index is 0.00000338. The van der Waals surface area contributed by atoms with Gasteiger partial charge in [-0.1, -0.05) is 18.2 Å². The van der Waals surface area contributed by atoms with Crippen LogP contribution in [0, 0.1) is 5.41 Å². The van der Waals surface area contributed by atoms with E-state index in [9.17, 15) is 4.79 Å². The Kier molecular flexibility index (Phi) is 9.18. The third-order valence-corrected chi connectivity index (χ3v) is 4.50. The molecule has 1 fully saturated rings. The lowest BCUT2D eigenvalue weighted by atomic mass is 9.93. The fourth-order valence-electron chi connectivity index (χ4n) is 2.92. The molecule has 2 N–H and O–H groups in total. The SMILES string of the molecule is CCNC(=NCC(C)(C)C(=O)NC)N1CCN(c2ccccc2)CC1.I. The van der Waals surface area contributed by atoms with E-state index in [2.05, 4.69) is 51.6 Å². The number of nitrogens with one attached hydrogen (secondary N) is 2. The molecule has 0 aliphatic carbocycles. The van der Waals surface area contributed by atoms with Crippen LogP contribution in [0.3, 0.4) is 0 Å². The Hall–Kier alpha value is -1.51. The van der Waals surface area contributed by atoms with Crippen LogP contribution in [0.4, 0.5) is 5.69 Å². The number of anilines is 1. The van der Waals surface area contributed by atoms with Gasteiger partial charge in [0.15, 0.2) is 5.96 Å². The number of para-hydroxylation sites is 1. The van der Waals surface area contributed by atoms with Crippen LogP contribution in [0.25, 0.3) is 0 Å². The molecule has 1 amide bonds. The van der Waals surface area contributed by atoms with E-state index < -0.39 is 5.41 Å². The van der Waals surface area contributed by atoms with Crippen LogP contribution >= 0.6 is 24.0 Å². The van der Waals surface area contributed by atoms with Gasteiger partial charge in [-0.15, -0.1) is 24.0 Å². The van der Waals surface area contributed by atoms with Gasteiger partial charge in [-0.05, 0) is 32.9 Å². The monoisotopic (exact) mass is 473 g/mol. The summed E-state index contributed by atoms with van der Waals surface area (Å²) in [5.74, 6) is 0.910. The lowest BCUT2D eigenvalue weighted by Crippen LogP contribution is -2.53. The zero-order valence-electron chi connectivity index (χ0n) is 16.3. The van der Waals surface area contributed by atoms with Crippen molar-refractivity contribution in [2.45, 2.75) is 20.8 Å². The number of halogens is 1. The van der Waals surface area contributed by atoms with E-state index in [1.165, 1.54) is 5.69 Å². The number of carbonyl (C=O) groups is 1. The van der Waals surface area contributed by atoms with Gasteiger partial charge in [-0.25, -0.2) is 0 Å². The molecule has 1 aromatic carbocycles. The molecule has 0 saturated carbocycles. The molecule has 0 bridgehead atoms. The van der Waals surface area contributed by atoms with Crippen molar-refractivity contribution in [2.75, 3.05) is 51.2 Å². The molecule has 26 heavy (non-hydrogen) atoms. The highest BCUT2D eigenvalue weighted by molar-refractivity contribution is 14.0. The normalized spacial score (nSPS) is 15.3. The molecule has 0 aromatic heterocycles. The van der Waals surface area contributed by atoms with Gasteiger partial charge in [-0.2, -0.15) is 0 Å². The molecule has 7 heteroatoms. The average molecular weight is 473 g/mol. The maximum absolute atomic E-state index is 12.0. The molecule has 1 heterocycles. The molecular formula is C19H32IN5O. The Morgan fingerprint density at radius 1 is 1.15 bits per heavy atom. The molecule has 0 atom stereocenters. The molecular weight excluding hydrogens is 441 g/mol. The molecule has 1 saturated heterocycles. The first-order valence-corrected chi connectivity index (χ1v) is 9.03. The summed E-state index contributed by atoms with van der Waals surface area (Å²) >= 11 is 0. The van der Waals surface area contributed by atoms with Crippen molar-refractivity contribution in [3.63, 3.8) is 0 Å². The van der Waals surface area contributed by atoms with Crippen LogP contribution < -0.4 is 15.5 Å². The summed E-state index contributed by atoms with van der Waals surface area (Å²) in [6.45, 7) is 11.0. The summed E-state index contributed by atoms with van der Waals surface area (Å²) in [6.07, 6.45) is 0. The van der Waals surface area contributed by atoms with Crippen molar-refractivity contribution >= 4 is 41.5 Å². The van der Waals surface area contributed by atoms with Crippen molar-refractivity contribution in [3.05, 3.63) is 30.3 Å². The molecule has 146 valence electrons. The summed E-state index contributed by atoms with van der Waals surface area (Å²) in [5, 5.41) is 6.08. The second kappa shape index (κ2) is 10.6. The third kappa shape index (κ3) is 6.03. The maximum Gasteiger partial charge on any atom is 0.227 e. The number of benzene rings is 1. The van der Waals surface area contributed by atoms with Crippen molar-refractivity contribution in [1.82, 2.24) is 15.5 Å². The van der Waals surface area contributed by atoms with Gasteiger partial charge in [0.05, 0.1) is 12.0 Å². The van der Waals surface area contributed by atoms with Gasteiger partial charge in [0.1, 0.15) is 0 Å². The molecule has 1 aliphatic rings. The van der Waals surface area contributed by atoms with Gasteiger partial charge < -0.3 is 20.4 Å². The molecule has 0 radical (unpaired) electrons. The lowest BCUT2D eigenvalue weighted by molar-refractivity contribution is -0.128. The van der Waals surface area contributed by atoms with E-state index >= 15 is 0 Å². The molecule has 0 unspecified atom stereocenters. The summed E-state index contributed by atoms with van der Waals surface area (Å²) in [4.78, 5) is 21.4. The highest BCUT2D eigenvalue weighted by Gasteiger charge is 2.27. The predicted molar refractivity (Wildman–Crippen MR) is 119 cm³/mol. The number of nitrogens with zero attached hydrogens (tertiary/aromatic N) is 3. The smallest absolute Gasteiger partial charge is 0.227 e. The number of carbonyl (C=O) groups excluding carboxylic acids is 1. The van der Waals surface area contributed by atoms with Crippen molar-refractivity contribution in [2.24, 2.45) is 10.4 Å². The van der Waals surface area contributed by atoms with Gasteiger partial charge in [0, 0.05) is 45.5 Å². The minimum atomic E-state index is -0.513. The molecule has 6 nitrogen and oxygen atoms in total. The largest absolute Gasteiger partial charge is 0.368 e. The van der Waals surface area contributed by atoms with Crippen LogP contribution in [0.15, 0.2) is 35.3 Å². The van der Waals surface area contributed by atoms with E-state index in [4.69, 9.17) is 4.99 Å². The highest BCUT2D eigenvalue weighted by Crippen LogP contribution is 2.17. The maximum atomic E-state index is 12.0. The van der Waals surface area contributed by atoms with Crippen LogP contribution in [0.2, 0.25) is 0 Å². The minimum Gasteiger partial charge on any atom is -0.368 e. The van der Waals surface area contributed by atoms with Crippen LogP contribution in [-0.2, 0) is 4.79 Å². The van der Waals surface area contributed by atoms with Crippen LogP contribution in [0.5, 0.6) is 0 Å². The number of aliphatic imine (C=N–C) groups is 1. The van der Waals surface area contributed by atoms with E-state index in [-0.39, 0.29) is 29.9 Å². The number of hydrogen-bond acceptors (Lipinski definition) is 3. The third-order valence-electron chi connectivity index (χ3n) is 4.50. The first-order chi connectivity index (χ1) is 12.0. The van der Waals surface area contributed by atoms with Gasteiger partial charge in [-0.3, -0.25) is 9.79 Å². The fourth-order valence-corrected chi connectivity index (χ4v) is 2.92. The summed E-state index contributed by atoms with van der Waals surface area (Å²) in [6, 6.07) is 10.5. The zero-order valence-corrected chi connectivity index (χ0v) is 18.6. The predicted octanol–water partition coefficient (Wildman–Crippen LogP) is 2.16. The topological polar surface area (TPSA) is 60.0 Å². The molecule has 2 rings (SSSR count). The van der Waals surface area contributed by atoms with E-state index in [0.29, 0.717) is 6.54 Å². The Morgan fingerprint density at radius 3 is 2.31 bits per heavy atom. The van der Waals surface area contributed by atoms with Gasteiger partial charge >= 0.3 is 0 Å². The summed E-state index contributed by atoms with van der Waals surface area (Å²) < 4.78 is 0. The quantitative estimate of drug-likeness (QED) is 0.391. The first-order valence-electron chi connectivity index (χ1n) is 9.03. The second-order valence-electron chi connectivity index (χ2n) is 6.94. The number of piperazine rings is 1. The fraction of sp³-hybridized carbons (Fsp3) is 0.579. The number of hydrogen-bond donors (Lipinski definition) is 2. The van der Waals surface area contributed by atoms with E-state index in [1.807, 2.05) is 19.9 Å². The summed E-state index contributed by atoms with van der Waals surface area (Å²) in [7, 11) is 1.67. The Bertz CT molecular complexity index is 583. The minimum absolute atomic E-state index is 0. The van der Waals surface area contributed by atoms with Crippen molar-refractivity contribution in [3.8, 4) is 0 Å². The van der Waals surface area contributed by atoms with E-state index in [1.54, 1.807) is 7.05 Å². The highest BCUT2D eigenvalue weighted by atomic mass is 127. The average Bonchev–Trinajstić information content (AvgIpc) is 2.65. The van der Waals surface area contributed by atoms with Crippen LogP contribution in [-0.4, -0.2) is 63.1 Å². The molecule has 1 aromatic rings. The second-order valence-corrected chi connectivity index (χ2v) is 6.94. The van der Waals surface area contributed by atoms with Crippen molar-refractivity contribution < 1.29 is 4.79 Å². The standard InChI is InChI=1S/C19H31N5O.HI/c1-5-21-18(22-15-19(2,3)17(25)20-4)24-13-11-23(12-14-24)16-9-7-6-8-10-16;/h6-10H,5,11-15H2,1-4H3,(H,20,25)(H,21,22);1H. The van der Waals surface area contributed by atoms with Gasteiger partial charge in [0.25, 0.3) is 0 Å². The number of rotatable bonds is 5. The number of amides is 1. The zero-order chi connectivity index (χ0) is 18.3. The Labute approximate surface area is 174 Å². The lowest BCUT2D eigenvalue weighted by Gasteiger charge is -2.38. The molecule has 0 spiro atoms. The van der Waals surface area contributed by atoms with Crippen LogP contribution in [0.1, 0.15) is 20.8 Å². The van der Waals surface area contributed by atoms with Crippen molar-refractivity contribution in [1.29, 1.82) is 0 Å².